The predicted molar refractivity (Wildman–Crippen MR) is 84.3 cm³/mol. The summed E-state index contributed by atoms with van der Waals surface area (Å²) in [4.78, 5) is 14.6. The van der Waals surface area contributed by atoms with E-state index in [0.717, 1.165) is 42.9 Å². The summed E-state index contributed by atoms with van der Waals surface area (Å²) >= 11 is 0. The molecular weight excluding hydrogens is 248 g/mol. The molecule has 1 aromatic rings. The van der Waals surface area contributed by atoms with Crippen LogP contribution in [0.1, 0.15) is 49.0 Å². The van der Waals surface area contributed by atoms with E-state index in [4.69, 9.17) is 0 Å². The molecule has 110 valence electrons. The first-order valence-corrected chi connectivity index (χ1v) is 7.79. The molecule has 0 aliphatic carbocycles. The summed E-state index contributed by atoms with van der Waals surface area (Å²) in [5.41, 5.74) is 3.08. The number of amides is 1. The summed E-state index contributed by atoms with van der Waals surface area (Å²) in [6.45, 7) is 9.08. The van der Waals surface area contributed by atoms with Gasteiger partial charge in [-0.2, -0.15) is 0 Å². The normalized spacial score (nSPS) is 18.9. The lowest BCUT2D eigenvalue weighted by Gasteiger charge is -2.32. The van der Waals surface area contributed by atoms with Crippen molar-refractivity contribution in [2.45, 2.75) is 40.0 Å². The van der Waals surface area contributed by atoms with Gasteiger partial charge in [0.1, 0.15) is 0 Å². The molecule has 0 radical (unpaired) electrons. The molecule has 1 aromatic carbocycles. The molecule has 20 heavy (non-hydrogen) atoms. The third-order valence-corrected chi connectivity index (χ3v) is 4.22. The Morgan fingerprint density at radius 2 is 2.20 bits per heavy atom. The molecule has 1 aliphatic heterocycles. The van der Waals surface area contributed by atoms with Gasteiger partial charge in [0.2, 0.25) is 0 Å². The second-order valence-corrected chi connectivity index (χ2v) is 5.73. The number of aryl methyl sites for hydroxylation is 1. The predicted octanol–water partition coefficient (Wildman–Crippen LogP) is 3.69. The van der Waals surface area contributed by atoms with Crippen LogP contribution in [0.3, 0.4) is 0 Å². The van der Waals surface area contributed by atoms with Gasteiger partial charge >= 0.3 is 0 Å². The number of carbonyl (C=O) groups excluding carboxylic acids is 1. The van der Waals surface area contributed by atoms with Crippen LogP contribution in [0.4, 0.5) is 5.69 Å². The molecule has 3 heteroatoms. The van der Waals surface area contributed by atoms with Gasteiger partial charge < -0.3 is 10.2 Å². The van der Waals surface area contributed by atoms with Crippen LogP contribution < -0.4 is 5.32 Å². The van der Waals surface area contributed by atoms with E-state index in [1.807, 2.05) is 23.1 Å². The molecule has 1 atom stereocenters. The molecule has 1 aliphatic rings. The van der Waals surface area contributed by atoms with Gasteiger partial charge in [0.25, 0.3) is 5.91 Å². The molecule has 3 nitrogen and oxygen atoms in total. The number of nitrogens with zero attached hydrogens (tertiary/aromatic N) is 1. The van der Waals surface area contributed by atoms with Crippen molar-refractivity contribution in [2.24, 2.45) is 5.92 Å². The third-order valence-electron chi connectivity index (χ3n) is 4.22. The van der Waals surface area contributed by atoms with Gasteiger partial charge in [-0.25, -0.2) is 0 Å². The van der Waals surface area contributed by atoms with Gasteiger partial charge in [-0.1, -0.05) is 13.3 Å². The molecule has 1 amide bonds. The van der Waals surface area contributed by atoms with Crippen LogP contribution in [0.15, 0.2) is 18.2 Å². The lowest BCUT2D eigenvalue weighted by Crippen LogP contribution is -2.39. The minimum atomic E-state index is 0.189. The van der Waals surface area contributed by atoms with Gasteiger partial charge in [-0.05, 0) is 56.4 Å². The molecule has 0 saturated carbocycles. The van der Waals surface area contributed by atoms with Gasteiger partial charge in [0.05, 0.1) is 0 Å². The third kappa shape index (κ3) is 3.33. The highest BCUT2D eigenvalue weighted by atomic mass is 16.2. The van der Waals surface area contributed by atoms with Gasteiger partial charge in [0.15, 0.2) is 0 Å². The highest BCUT2D eigenvalue weighted by molar-refractivity contribution is 5.95. The van der Waals surface area contributed by atoms with Gasteiger partial charge in [0, 0.05) is 30.9 Å². The number of benzene rings is 1. The van der Waals surface area contributed by atoms with Crippen molar-refractivity contribution in [3.05, 3.63) is 29.3 Å². The highest BCUT2D eigenvalue weighted by Crippen LogP contribution is 2.22. The zero-order valence-corrected chi connectivity index (χ0v) is 12.9. The fourth-order valence-corrected chi connectivity index (χ4v) is 2.95. The second-order valence-electron chi connectivity index (χ2n) is 5.73. The average Bonchev–Trinajstić information content (AvgIpc) is 2.49. The molecule has 1 saturated heterocycles. The summed E-state index contributed by atoms with van der Waals surface area (Å²) in [5.74, 6) is 0.865. The Balaban J connectivity index is 2.10. The smallest absolute Gasteiger partial charge is 0.253 e. The van der Waals surface area contributed by atoms with Crippen molar-refractivity contribution in [1.29, 1.82) is 0 Å². The van der Waals surface area contributed by atoms with E-state index < -0.39 is 0 Å². The Kier molecular flexibility index (Phi) is 5.05. The number of rotatable bonds is 4. The van der Waals surface area contributed by atoms with Crippen molar-refractivity contribution in [3.8, 4) is 0 Å². The van der Waals surface area contributed by atoms with Crippen molar-refractivity contribution >= 4 is 11.6 Å². The number of likely N-dealkylation sites (tertiary alicyclic amines) is 1. The quantitative estimate of drug-likeness (QED) is 0.908. The van der Waals surface area contributed by atoms with E-state index in [-0.39, 0.29) is 5.91 Å². The van der Waals surface area contributed by atoms with E-state index in [9.17, 15) is 4.79 Å². The van der Waals surface area contributed by atoms with E-state index >= 15 is 0 Å². The van der Waals surface area contributed by atoms with Crippen molar-refractivity contribution in [3.63, 3.8) is 0 Å². The Hall–Kier alpha value is -1.51. The number of anilines is 1. The van der Waals surface area contributed by atoms with Gasteiger partial charge in [-0.15, -0.1) is 0 Å². The molecule has 1 fully saturated rings. The Morgan fingerprint density at radius 3 is 2.85 bits per heavy atom. The van der Waals surface area contributed by atoms with Crippen LogP contribution in [0.2, 0.25) is 0 Å². The largest absolute Gasteiger partial charge is 0.385 e. The zero-order chi connectivity index (χ0) is 14.5. The van der Waals surface area contributed by atoms with Crippen LogP contribution in [0.25, 0.3) is 0 Å². The molecule has 1 N–H and O–H groups in total. The molecule has 0 spiro atoms. The summed E-state index contributed by atoms with van der Waals surface area (Å²) in [7, 11) is 0. The van der Waals surface area contributed by atoms with E-state index in [2.05, 4.69) is 26.1 Å². The maximum atomic E-state index is 12.6. The lowest BCUT2D eigenvalue weighted by atomic mass is 9.95. The fraction of sp³-hybridized carbons (Fsp3) is 0.588. The molecule has 1 unspecified atom stereocenters. The minimum Gasteiger partial charge on any atom is -0.385 e. The number of carbonyl (C=O) groups is 1. The Labute approximate surface area is 122 Å². The summed E-state index contributed by atoms with van der Waals surface area (Å²) in [5, 5.41) is 3.31. The maximum Gasteiger partial charge on any atom is 0.253 e. The van der Waals surface area contributed by atoms with Crippen LogP contribution >= 0.6 is 0 Å². The number of piperidine rings is 1. The van der Waals surface area contributed by atoms with E-state index in [0.29, 0.717) is 5.92 Å². The minimum absolute atomic E-state index is 0.189. The fourth-order valence-electron chi connectivity index (χ4n) is 2.95. The van der Waals surface area contributed by atoms with Crippen molar-refractivity contribution < 1.29 is 4.79 Å². The van der Waals surface area contributed by atoms with Crippen LogP contribution in [0.5, 0.6) is 0 Å². The molecular formula is C17H26N2O. The highest BCUT2D eigenvalue weighted by Gasteiger charge is 2.23. The Bertz CT molecular complexity index is 470. The van der Waals surface area contributed by atoms with Crippen molar-refractivity contribution in [1.82, 2.24) is 4.90 Å². The molecule has 0 bridgehead atoms. The zero-order valence-electron chi connectivity index (χ0n) is 12.9. The first kappa shape index (κ1) is 14.9. The van der Waals surface area contributed by atoms with Crippen LogP contribution in [-0.2, 0) is 0 Å². The first-order valence-electron chi connectivity index (χ1n) is 7.79. The Morgan fingerprint density at radius 1 is 1.40 bits per heavy atom. The first-order chi connectivity index (χ1) is 9.65. The molecule has 1 heterocycles. The van der Waals surface area contributed by atoms with Gasteiger partial charge in [-0.3, -0.25) is 4.79 Å². The van der Waals surface area contributed by atoms with Crippen molar-refractivity contribution in [2.75, 3.05) is 25.0 Å². The monoisotopic (exact) mass is 274 g/mol. The summed E-state index contributed by atoms with van der Waals surface area (Å²) < 4.78 is 0. The SMILES string of the molecule is CCNc1ccc(C(=O)N2CCCC(CC)C2)cc1C. The topological polar surface area (TPSA) is 32.3 Å². The standard InChI is InChI=1S/C17H26N2O/c1-4-14-7-6-10-19(12-14)17(20)15-8-9-16(18-5-2)13(3)11-15/h8-9,11,14,18H,4-7,10,12H2,1-3H3. The van der Waals surface area contributed by atoms with E-state index in [1.54, 1.807) is 0 Å². The number of hydrogen-bond acceptors (Lipinski definition) is 2. The molecule has 2 rings (SSSR count). The summed E-state index contributed by atoms with van der Waals surface area (Å²) in [6, 6.07) is 5.98. The van der Waals surface area contributed by atoms with Crippen LogP contribution in [-0.4, -0.2) is 30.4 Å². The second kappa shape index (κ2) is 6.78. The maximum absolute atomic E-state index is 12.6. The molecule has 0 aromatic heterocycles. The van der Waals surface area contributed by atoms with Crippen LogP contribution in [0, 0.1) is 12.8 Å². The summed E-state index contributed by atoms with van der Waals surface area (Å²) in [6.07, 6.45) is 3.57. The van der Waals surface area contributed by atoms with E-state index in [1.165, 1.54) is 12.8 Å². The average molecular weight is 274 g/mol. The number of nitrogens with one attached hydrogen (secondary N) is 1. The number of hydrogen-bond donors (Lipinski definition) is 1. The lowest BCUT2D eigenvalue weighted by molar-refractivity contribution is 0.0671.